The predicted molar refractivity (Wildman–Crippen MR) is 91.9 cm³/mol. The zero-order chi connectivity index (χ0) is 17.6. The van der Waals surface area contributed by atoms with Crippen LogP contribution in [0.5, 0.6) is 11.5 Å². The van der Waals surface area contributed by atoms with Crippen molar-refractivity contribution in [1.82, 2.24) is 10.3 Å². The van der Waals surface area contributed by atoms with E-state index in [9.17, 15) is 4.79 Å². The molecule has 0 saturated carbocycles. The monoisotopic (exact) mass is 339 g/mol. The fraction of sp³-hybridized carbons (Fsp3) is 0.167. The second-order valence-corrected chi connectivity index (χ2v) is 5.10. The summed E-state index contributed by atoms with van der Waals surface area (Å²) in [5, 5.41) is 10.4. The molecule has 0 aliphatic carbocycles. The van der Waals surface area contributed by atoms with E-state index in [4.69, 9.17) is 14.1 Å². The molecule has 0 aliphatic heterocycles. The van der Waals surface area contributed by atoms with E-state index in [1.807, 2.05) is 31.2 Å². The maximum atomic E-state index is 12.4. The third-order valence-corrected chi connectivity index (χ3v) is 3.51. The fourth-order valence-corrected chi connectivity index (χ4v) is 2.26. The lowest BCUT2D eigenvalue weighted by Crippen LogP contribution is -2.12. The van der Waals surface area contributed by atoms with Gasteiger partial charge >= 0.3 is 0 Å². The minimum Gasteiger partial charge on any atom is -0.497 e. The van der Waals surface area contributed by atoms with E-state index >= 15 is 0 Å². The Morgan fingerprint density at radius 2 is 1.72 bits per heavy atom. The van der Waals surface area contributed by atoms with Crippen molar-refractivity contribution in [2.75, 3.05) is 19.0 Å². The summed E-state index contributed by atoms with van der Waals surface area (Å²) in [5.74, 6) is 1.37. The summed E-state index contributed by atoms with van der Waals surface area (Å²) in [5.41, 5.74) is 1.68. The number of rotatable bonds is 6. The molecule has 0 unspecified atom stereocenters. The van der Waals surface area contributed by atoms with Crippen LogP contribution in [0, 0.1) is 0 Å². The number of anilines is 1. The molecule has 1 amide bonds. The largest absolute Gasteiger partial charge is 0.497 e. The molecule has 128 valence electrons. The first-order valence-corrected chi connectivity index (χ1v) is 7.72. The summed E-state index contributed by atoms with van der Waals surface area (Å²) in [6.45, 7) is 2.51. The van der Waals surface area contributed by atoms with Gasteiger partial charge in [0.15, 0.2) is 5.69 Å². The molecule has 1 heterocycles. The van der Waals surface area contributed by atoms with Gasteiger partial charge < -0.3 is 14.8 Å². The Labute approximate surface area is 144 Å². The van der Waals surface area contributed by atoms with Crippen LogP contribution in [0.15, 0.2) is 53.2 Å². The summed E-state index contributed by atoms with van der Waals surface area (Å²) in [6, 6.07) is 14.1. The van der Waals surface area contributed by atoms with Gasteiger partial charge in [0, 0.05) is 11.1 Å². The van der Waals surface area contributed by atoms with E-state index in [0.29, 0.717) is 23.6 Å². The lowest BCUT2D eigenvalue weighted by atomic mass is 10.1. The molecule has 7 nitrogen and oxygen atoms in total. The molecule has 0 bridgehead atoms. The lowest BCUT2D eigenvalue weighted by molar-refractivity contribution is 0.102. The van der Waals surface area contributed by atoms with E-state index in [1.165, 1.54) is 0 Å². The van der Waals surface area contributed by atoms with E-state index in [2.05, 4.69) is 15.6 Å². The van der Waals surface area contributed by atoms with Crippen LogP contribution in [0.25, 0.3) is 11.3 Å². The van der Waals surface area contributed by atoms with Crippen LogP contribution in [0.3, 0.4) is 0 Å². The molecule has 0 fully saturated rings. The maximum Gasteiger partial charge on any atom is 0.256 e. The molecular weight excluding hydrogens is 322 g/mol. The number of carbonyl (C=O) groups excluding carboxylic acids is 1. The second-order valence-electron chi connectivity index (χ2n) is 5.10. The average Bonchev–Trinajstić information content (AvgIpc) is 3.11. The highest BCUT2D eigenvalue weighted by Gasteiger charge is 2.16. The van der Waals surface area contributed by atoms with Gasteiger partial charge in [-0.3, -0.25) is 4.79 Å². The molecule has 1 aromatic heterocycles. The summed E-state index contributed by atoms with van der Waals surface area (Å²) in [4.78, 5) is 12.4. The van der Waals surface area contributed by atoms with Crippen molar-refractivity contribution in [3.8, 4) is 22.8 Å². The molecule has 2 aromatic carbocycles. The van der Waals surface area contributed by atoms with Crippen molar-refractivity contribution in [2.45, 2.75) is 6.92 Å². The van der Waals surface area contributed by atoms with Crippen molar-refractivity contribution in [2.24, 2.45) is 0 Å². The van der Waals surface area contributed by atoms with Crippen molar-refractivity contribution in [3.63, 3.8) is 0 Å². The van der Waals surface area contributed by atoms with Gasteiger partial charge in [0.2, 0.25) is 5.82 Å². The first kappa shape index (κ1) is 16.5. The molecule has 0 aliphatic rings. The zero-order valence-electron chi connectivity index (χ0n) is 13.9. The first-order valence-electron chi connectivity index (χ1n) is 7.72. The molecule has 25 heavy (non-hydrogen) atoms. The second kappa shape index (κ2) is 7.48. The fourth-order valence-electron chi connectivity index (χ4n) is 2.26. The molecule has 0 spiro atoms. The maximum absolute atomic E-state index is 12.4. The number of benzene rings is 2. The van der Waals surface area contributed by atoms with Crippen LogP contribution < -0.4 is 14.8 Å². The van der Waals surface area contributed by atoms with Crippen molar-refractivity contribution in [3.05, 3.63) is 54.1 Å². The van der Waals surface area contributed by atoms with E-state index in [1.54, 1.807) is 31.4 Å². The normalized spacial score (nSPS) is 10.3. The van der Waals surface area contributed by atoms with Gasteiger partial charge in [-0.15, -0.1) is 0 Å². The topological polar surface area (TPSA) is 86.5 Å². The first-order chi connectivity index (χ1) is 12.2. The molecular formula is C18H17N3O4. The lowest BCUT2D eigenvalue weighted by Gasteiger charge is -2.06. The highest BCUT2D eigenvalue weighted by molar-refractivity contribution is 6.05. The summed E-state index contributed by atoms with van der Waals surface area (Å²) in [6.07, 6.45) is 0. The summed E-state index contributed by atoms with van der Waals surface area (Å²) >= 11 is 0. The van der Waals surface area contributed by atoms with Gasteiger partial charge in [0.1, 0.15) is 11.5 Å². The van der Waals surface area contributed by atoms with Crippen LogP contribution in [-0.4, -0.2) is 29.9 Å². The number of nitrogens with one attached hydrogen (secondary N) is 1. The van der Waals surface area contributed by atoms with Crippen LogP contribution in [0.2, 0.25) is 0 Å². The van der Waals surface area contributed by atoms with E-state index < -0.39 is 0 Å². The van der Waals surface area contributed by atoms with Crippen molar-refractivity contribution in [1.29, 1.82) is 0 Å². The summed E-state index contributed by atoms with van der Waals surface area (Å²) < 4.78 is 15.3. The predicted octanol–water partition coefficient (Wildman–Crippen LogP) is 3.40. The van der Waals surface area contributed by atoms with E-state index in [0.717, 1.165) is 11.3 Å². The number of aromatic nitrogens is 2. The van der Waals surface area contributed by atoms with Crippen LogP contribution >= 0.6 is 0 Å². The molecule has 3 rings (SSSR count). The third-order valence-electron chi connectivity index (χ3n) is 3.51. The highest BCUT2D eigenvalue weighted by atomic mass is 16.6. The Morgan fingerprint density at radius 1 is 1.04 bits per heavy atom. The van der Waals surface area contributed by atoms with Gasteiger partial charge in [-0.2, -0.15) is 0 Å². The van der Waals surface area contributed by atoms with Crippen molar-refractivity contribution < 1.29 is 18.9 Å². The number of hydrogen-bond acceptors (Lipinski definition) is 6. The Hall–Kier alpha value is -3.35. The van der Waals surface area contributed by atoms with Gasteiger partial charge in [0.05, 0.1) is 13.7 Å². The minimum atomic E-state index is -0.314. The number of ether oxygens (including phenoxy) is 2. The van der Waals surface area contributed by atoms with Crippen LogP contribution in [-0.2, 0) is 0 Å². The van der Waals surface area contributed by atoms with Crippen molar-refractivity contribution >= 4 is 11.7 Å². The quantitative estimate of drug-likeness (QED) is 0.741. The average molecular weight is 339 g/mol. The highest BCUT2D eigenvalue weighted by Crippen LogP contribution is 2.26. The summed E-state index contributed by atoms with van der Waals surface area (Å²) in [7, 11) is 1.57. The standard InChI is InChI=1S/C18H17N3O4/c1-3-24-15-10-4-12(5-11-15)16-17(21-25-20-16)19-18(22)13-6-8-14(23-2)9-7-13/h4-11H,3H2,1-2H3,(H,19,21,22). The Balaban J connectivity index is 1.77. The number of amides is 1. The number of methoxy groups -OCH3 is 1. The third kappa shape index (κ3) is 3.77. The molecule has 0 radical (unpaired) electrons. The molecule has 1 N–H and O–H groups in total. The Kier molecular flexibility index (Phi) is 4.94. The molecule has 3 aromatic rings. The van der Waals surface area contributed by atoms with Gasteiger partial charge in [0.25, 0.3) is 5.91 Å². The van der Waals surface area contributed by atoms with Gasteiger partial charge in [-0.05, 0) is 65.8 Å². The number of nitrogens with zero attached hydrogens (tertiary/aromatic N) is 2. The number of carbonyl (C=O) groups is 1. The Morgan fingerprint density at radius 3 is 2.36 bits per heavy atom. The molecule has 0 atom stereocenters. The van der Waals surface area contributed by atoms with E-state index in [-0.39, 0.29) is 11.7 Å². The SMILES string of the molecule is CCOc1ccc(-c2nonc2NC(=O)c2ccc(OC)cc2)cc1. The Bertz CT molecular complexity index is 842. The zero-order valence-corrected chi connectivity index (χ0v) is 13.9. The molecule has 7 heteroatoms. The minimum absolute atomic E-state index is 0.255. The van der Waals surface area contributed by atoms with Crippen LogP contribution in [0.1, 0.15) is 17.3 Å². The smallest absolute Gasteiger partial charge is 0.256 e. The number of hydrogen-bond donors (Lipinski definition) is 1. The van der Waals surface area contributed by atoms with Gasteiger partial charge in [-0.25, -0.2) is 4.63 Å². The van der Waals surface area contributed by atoms with Gasteiger partial charge in [-0.1, -0.05) is 0 Å². The van der Waals surface area contributed by atoms with Crippen LogP contribution in [0.4, 0.5) is 5.82 Å². The molecule has 0 saturated heterocycles.